The minimum atomic E-state index is -0.871. The number of aromatic carboxylic acids is 1. The quantitative estimate of drug-likeness (QED) is 0.673. The van der Waals surface area contributed by atoms with Gasteiger partial charge in [0.2, 0.25) is 5.91 Å². The Labute approximate surface area is 185 Å². The number of amides is 1. The third kappa shape index (κ3) is 3.08. The van der Waals surface area contributed by atoms with E-state index in [9.17, 15) is 9.59 Å². The first kappa shape index (κ1) is 20.8. The van der Waals surface area contributed by atoms with Crippen LogP contribution >= 0.6 is 0 Å². The van der Waals surface area contributed by atoms with Crippen LogP contribution in [0.1, 0.15) is 81.1 Å². The average molecular weight is 422 g/mol. The molecule has 6 atom stereocenters. The van der Waals surface area contributed by atoms with Gasteiger partial charge < -0.3 is 10.0 Å². The summed E-state index contributed by atoms with van der Waals surface area (Å²) in [5.41, 5.74) is 3.55. The van der Waals surface area contributed by atoms with Gasteiger partial charge in [-0.25, -0.2) is 4.79 Å². The number of carboxylic acid groups (broad SMARTS) is 1. The highest BCUT2D eigenvalue weighted by molar-refractivity contribution is 5.87. The first-order valence-corrected chi connectivity index (χ1v) is 12.0. The summed E-state index contributed by atoms with van der Waals surface area (Å²) >= 11 is 0. The van der Waals surface area contributed by atoms with E-state index in [1.165, 1.54) is 25.7 Å². The van der Waals surface area contributed by atoms with Gasteiger partial charge in [-0.2, -0.15) is 0 Å². The molecule has 1 N–H and O–H groups in total. The van der Waals surface area contributed by atoms with E-state index in [4.69, 9.17) is 5.11 Å². The summed E-state index contributed by atoms with van der Waals surface area (Å²) in [5, 5.41) is 9.16. The van der Waals surface area contributed by atoms with Crippen LogP contribution in [0, 0.1) is 28.6 Å². The normalized spacial score (nSPS) is 40.9. The van der Waals surface area contributed by atoms with Gasteiger partial charge in [-0.1, -0.05) is 37.6 Å². The lowest BCUT2D eigenvalue weighted by atomic mass is 9.47. The van der Waals surface area contributed by atoms with E-state index in [0.29, 0.717) is 23.9 Å². The highest BCUT2D eigenvalue weighted by Gasteiger charge is 2.59. The molecule has 4 nitrogen and oxygen atoms in total. The zero-order chi connectivity index (χ0) is 22.0. The Morgan fingerprint density at radius 3 is 2.48 bits per heavy atom. The second-order valence-electron chi connectivity index (χ2n) is 11.1. The van der Waals surface area contributed by atoms with Crippen molar-refractivity contribution in [1.82, 2.24) is 4.90 Å². The molecule has 5 rings (SSSR count). The number of hydrogen-bond donors (Lipinski definition) is 1. The van der Waals surface area contributed by atoms with Crippen LogP contribution in [0.5, 0.6) is 0 Å². The highest BCUT2D eigenvalue weighted by atomic mass is 16.4. The SMILES string of the molecule is CN1C(=O)CC[C@]2(C)[C@H]3CC[C@]4(C)/C(=C\c5ccc(C(=O)O)cc5)CC[C@H]4[C@@H]3CC[C@@H]12. The number of carboxylic acids is 1. The van der Waals surface area contributed by atoms with Gasteiger partial charge in [-0.05, 0) is 91.2 Å². The number of carbonyl (C=O) groups is 2. The lowest BCUT2D eigenvalue weighted by molar-refractivity contribution is -0.156. The fourth-order valence-corrected chi connectivity index (χ4v) is 8.16. The molecule has 4 fully saturated rings. The van der Waals surface area contributed by atoms with E-state index < -0.39 is 5.97 Å². The summed E-state index contributed by atoms with van der Waals surface area (Å²) < 4.78 is 0. The number of hydrogen-bond acceptors (Lipinski definition) is 2. The molecule has 0 bridgehead atoms. The third-order valence-electron chi connectivity index (χ3n) is 9.90. The molecule has 1 heterocycles. The van der Waals surface area contributed by atoms with Crippen molar-refractivity contribution in [1.29, 1.82) is 0 Å². The topological polar surface area (TPSA) is 57.6 Å². The molecule has 3 aliphatic carbocycles. The summed E-state index contributed by atoms with van der Waals surface area (Å²) in [6, 6.07) is 7.73. The Kier molecular flexibility index (Phi) is 4.84. The molecule has 0 spiro atoms. The molecule has 1 aromatic carbocycles. The predicted molar refractivity (Wildman–Crippen MR) is 122 cm³/mol. The zero-order valence-corrected chi connectivity index (χ0v) is 19.1. The molecule has 3 saturated carbocycles. The fraction of sp³-hybridized carbons (Fsp3) is 0.630. The molecular formula is C27H35NO3. The standard InChI is InChI=1S/C27H35NO3/c1-26-14-12-22-20(9-11-23-27(22,2)15-13-24(29)28(23)3)21(26)10-8-19(26)16-17-4-6-18(7-5-17)25(30)31/h4-7,16,20-23H,8-15H2,1-3H3,(H,30,31)/b19-16-/t20-,21-,22-,23+,26+,27+/m0/s1. The summed E-state index contributed by atoms with van der Waals surface area (Å²) in [7, 11) is 2.03. The second kappa shape index (κ2) is 7.21. The molecule has 0 unspecified atom stereocenters. The molecule has 0 radical (unpaired) electrons. The molecule has 1 aliphatic heterocycles. The Bertz CT molecular complexity index is 934. The molecule has 4 heteroatoms. The monoisotopic (exact) mass is 421 g/mol. The van der Waals surface area contributed by atoms with Gasteiger partial charge >= 0.3 is 5.97 Å². The first-order chi connectivity index (χ1) is 14.7. The molecule has 1 saturated heterocycles. The summed E-state index contributed by atoms with van der Waals surface area (Å²) in [6.07, 6.45) is 11.4. The number of allylic oxidation sites excluding steroid dienone is 1. The Balaban J connectivity index is 1.41. The molecule has 0 aromatic heterocycles. The van der Waals surface area contributed by atoms with Gasteiger partial charge in [0.25, 0.3) is 0 Å². The van der Waals surface area contributed by atoms with E-state index in [-0.39, 0.29) is 10.8 Å². The second-order valence-corrected chi connectivity index (χ2v) is 11.1. The first-order valence-electron chi connectivity index (χ1n) is 12.0. The largest absolute Gasteiger partial charge is 0.478 e. The van der Waals surface area contributed by atoms with Crippen LogP contribution in [-0.4, -0.2) is 35.0 Å². The summed E-state index contributed by atoms with van der Waals surface area (Å²) in [5.74, 6) is 1.69. The van der Waals surface area contributed by atoms with Crippen molar-refractivity contribution in [3.05, 3.63) is 41.0 Å². The van der Waals surface area contributed by atoms with Crippen molar-refractivity contribution < 1.29 is 14.7 Å². The summed E-state index contributed by atoms with van der Waals surface area (Å²) in [6.45, 7) is 4.97. The smallest absolute Gasteiger partial charge is 0.335 e. The molecule has 1 amide bonds. The minimum Gasteiger partial charge on any atom is -0.478 e. The molecular weight excluding hydrogens is 386 g/mol. The minimum absolute atomic E-state index is 0.256. The van der Waals surface area contributed by atoms with Gasteiger partial charge in [0.05, 0.1) is 5.56 Å². The third-order valence-corrected chi connectivity index (χ3v) is 9.90. The maximum absolute atomic E-state index is 12.3. The lowest BCUT2D eigenvalue weighted by Crippen LogP contribution is -2.61. The van der Waals surface area contributed by atoms with Crippen LogP contribution in [0.2, 0.25) is 0 Å². The van der Waals surface area contributed by atoms with Crippen molar-refractivity contribution in [3.63, 3.8) is 0 Å². The molecule has 4 aliphatic rings. The van der Waals surface area contributed by atoms with E-state index in [2.05, 4.69) is 24.8 Å². The number of nitrogens with zero attached hydrogens (tertiary/aromatic N) is 1. The average Bonchev–Trinajstić information content (AvgIpc) is 3.08. The van der Waals surface area contributed by atoms with Crippen LogP contribution in [0.15, 0.2) is 29.8 Å². The van der Waals surface area contributed by atoms with Crippen LogP contribution in [0.4, 0.5) is 0 Å². The predicted octanol–water partition coefficient (Wildman–Crippen LogP) is 5.63. The number of rotatable bonds is 2. The van der Waals surface area contributed by atoms with E-state index >= 15 is 0 Å². The van der Waals surface area contributed by atoms with Gasteiger partial charge in [0.1, 0.15) is 0 Å². The van der Waals surface area contributed by atoms with Gasteiger partial charge in [0, 0.05) is 19.5 Å². The van der Waals surface area contributed by atoms with Gasteiger partial charge in [-0.15, -0.1) is 0 Å². The Morgan fingerprint density at radius 2 is 1.77 bits per heavy atom. The van der Waals surface area contributed by atoms with Crippen molar-refractivity contribution >= 4 is 18.0 Å². The van der Waals surface area contributed by atoms with Crippen LogP contribution in [-0.2, 0) is 4.79 Å². The number of piperidine rings is 1. The van der Waals surface area contributed by atoms with Crippen LogP contribution < -0.4 is 0 Å². The summed E-state index contributed by atoms with van der Waals surface area (Å²) in [4.78, 5) is 25.6. The van der Waals surface area contributed by atoms with Gasteiger partial charge in [-0.3, -0.25) is 4.79 Å². The number of fused-ring (bicyclic) bond motifs is 5. The Morgan fingerprint density at radius 1 is 1.03 bits per heavy atom. The molecule has 31 heavy (non-hydrogen) atoms. The lowest BCUT2D eigenvalue weighted by Gasteiger charge is -2.61. The van der Waals surface area contributed by atoms with E-state index in [1.54, 1.807) is 17.7 Å². The van der Waals surface area contributed by atoms with Crippen LogP contribution in [0.3, 0.4) is 0 Å². The van der Waals surface area contributed by atoms with Gasteiger partial charge in [0.15, 0.2) is 0 Å². The zero-order valence-electron chi connectivity index (χ0n) is 19.1. The Hall–Kier alpha value is -2.10. The van der Waals surface area contributed by atoms with Crippen molar-refractivity contribution in [2.75, 3.05) is 7.05 Å². The van der Waals surface area contributed by atoms with Crippen LogP contribution in [0.25, 0.3) is 6.08 Å². The van der Waals surface area contributed by atoms with Crippen molar-refractivity contribution in [3.8, 4) is 0 Å². The maximum atomic E-state index is 12.3. The molecule has 166 valence electrons. The molecule has 1 aromatic rings. The van der Waals surface area contributed by atoms with Crippen molar-refractivity contribution in [2.24, 2.45) is 28.6 Å². The van der Waals surface area contributed by atoms with Crippen molar-refractivity contribution in [2.45, 2.75) is 71.3 Å². The number of likely N-dealkylation sites (tertiary alicyclic amines) is 1. The number of benzene rings is 1. The van der Waals surface area contributed by atoms with E-state index in [0.717, 1.165) is 42.6 Å². The maximum Gasteiger partial charge on any atom is 0.335 e. The van der Waals surface area contributed by atoms with E-state index in [1.807, 2.05) is 19.2 Å². The highest BCUT2D eigenvalue weighted by Crippen LogP contribution is 2.66. The fourth-order valence-electron chi connectivity index (χ4n) is 8.16. The number of carbonyl (C=O) groups excluding carboxylic acids is 1.